The van der Waals surface area contributed by atoms with Crippen LogP contribution in [0.4, 0.5) is 0 Å². The molecule has 3 rings (SSSR count). The number of hydrogen-bond acceptors (Lipinski definition) is 5. The Morgan fingerprint density at radius 2 is 1.93 bits per heavy atom. The van der Waals surface area contributed by atoms with Gasteiger partial charge in [0.15, 0.2) is 23.0 Å². The third kappa shape index (κ3) is 5.30. The lowest BCUT2D eigenvalue weighted by molar-refractivity contribution is 0.174. The Balaban J connectivity index is 1.62. The number of hydrogen-bond donors (Lipinski definition) is 1. The molecule has 2 aromatic rings. The molecule has 0 radical (unpaired) electrons. The van der Waals surface area contributed by atoms with Crippen LogP contribution in [0.15, 0.2) is 34.8 Å². The van der Waals surface area contributed by atoms with Crippen molar-refractivity contribution < 1.29 is 18.9 Å². The molecule has 27 heavy (non-hydrogen) atoms. The zero-order valence-electron chi connectivity index (χ0n) is 15.8. The number of methoxy groups -OCH3 is 1. The largest absolute Gasteiger partial charge is 0.493 e. The highest BCUT2D eigenvalue weighted by molar-refractivity contribution is 9.10. The van der Waals surface area contributed by atoms with E-state index in [-0.39, 0.29) is 6.79 Å². The second-order valence-corrected chi connectivity index (χ2v) is 7.32. The predicted octanol–water partition coefficient (Wildman–Crippen LogP) is 5.05. The Kier molecular flexibility index (Phi) is 7.24. The average Bonchev–Trinajstić information content (AvgIpc) is 3.14. The number of ether oxygens (including phenoxy) is 4. The van der Waals surface area contributed by atoms with Crippen molar-refractivity contribution in [1.29, 1.82) is 0 Å². The normalized spacial score (nSPS) is 12.3. The Morgan fingerprint density at radius 3 is 2.74 bits per heavy atom. The van der Waals surface area contributed by atoms with Crippen LogP contribution in [0.3, 0.4) is 0 Å². The first-order valence-corrected chi connectivity index (χ1v) is 10.1. The number of halogens is 1. The topological polar surface area (TPSA) is 49.0 Å². The van der Waals surface area contributed by atoms with Gasteiger partial charge in [0.2, 0.25) is 6.79 Å². The van der Waals surface area contributed by atoms with Crippen molar-refractivity contribution in [2.75, 3.05) is 20.4 Å². The Bertz CT molecular complexity index is 766. The summed E-state index contributed by atoms with van der Waals surface area (Å²) in [6.45, 7) is 4.73. The summed E-state index contributed by atoms with van der Waals surface area (Å²) in [4.78, 5) is 0. The molecule has 0 unspecified atom stereocenters. The maximum absolute atomic E-state index is 6.03. The van der Waals surface area contributed by atoms with Crippen LogP contribution in [0.1, 0.15) is 37.3 Å². The standard InChI is InChI=1S/C21H26BrNO4/c1-3-4-5-8-23-12-16-9-17(22)21(20(11-16)24-2)25-13-15-6-7-18-19(10-15)27-14-26-18/h6-7,9-11,23H,3-5,8,12-14H2,1-2H3. The van der Waals surface area contributed by atoms with E-state index in [0.717, 1.165) is 45.9 Å². The van der Waals surface area contributed by atoms with Gasteiger partial charge in [0.1, 0.15) is 6.61 Å². The van der Waals surface area contributed by atoms with Gasteiger partial charge in [0.25, 0.3) is 0 Å². The first-order chi connectivity index (χ1) is 13.2. The number of nitrogens with one attached hydrogen (secondary N) is 1. The van der Waals surface area contributed by atoms with Crippen LogP contribution in [0.5, 0.6) is 23.0 Å². The minimum Gasteiger partial charge on any atom is -0.493 e. The van der Waals surface area contributed by atoms with E-state index in [1.165, 1.54) is 19.3 Å². The molecular weight excluding hydrogens is 410 g/mol. The van der Waals surface area contributed by atoms with E-state index in [0.29, 0.717) is 12.4 Å². The van der Waals surface area contributed by atoms with Crippen LogP contribution < -0.4 is 24.3 Å². The van der Waals surface area contributed by atoms with Crippen molar-refractivity contribution in [2.24, 2.45) is 0 Å². The summed E-state index contributed by atoms with van der Waals surface area (Å²) in [6, 6.07) is 9.91. The van der Waals surface area contributed by atoms with Crippen molar-refractivity contribution in [3.63, 3.8) is 0 Å². The molecular formula is C21H26BrNO4. The fourth-order valence-electron chi connectivity index (χ4n) is 2.93. The SMILES string of the molecule is CCCCCNCc1cc(Br)c(OCc2ccc3c(c2)OCO3)c(OC)c1. The molecule has 1 aliphatic heterocycles. The van der Waals surface area contributed by atoms with Crippen molar-refractivity contribution in [3.8, 4) is 23.0 Å². The van der Waals surface area contributed by atoms with Crippen LogP contribution in [0.25, 0.3) is 0 Å². The van der Waals surface area contributed by atoms with Gasteiger partial charge in [-0.25, -0.2) is 0 Å². The maximum Gasteiger partial charge on any atom is 0.231 e. The first-order valence-electron chi connectivity index (χ1n) is 9.29. The number of rotatable bonds is 10. The molecule has 1 aliphatic rings. The monoisotopic (exact) mass is 435 g/mol. The van der Waals surface area contributed by atoms with E-state index in [9.17, 15) is 0 Å². The van der Waals surface area contributed by atoms with E-state index in [1.807, 2.05) is 24.3 Å². The Morgan fingerprint density at radius 1 is 1.07 bits per heavy atom. The third-order valence-electron chi connectivity index (χ3n) is 4.40. The van der Waals surface area contributed by atoms with Crippen molar-refractivity contribution in [2.45, 2.75) is 39.3 Å². The third-order valence-corrected chi connectivity index (χ3v) is 4.98. The van der Waals surface area contributed by atoms with Crippen LogP contribution in [-0.2, 0) is 13.2 Å². The fourth-order valence-corrected chi connectivity index (χ4v) is 3.54. The quantitative estimate of drug-likeness (QED) is 0.529. The zero-order valence-corrected chi connectivity index (χ0v) is 17.4. The summed E-state index contributed by atoms with van der Waals surface area (Å²) in [6.07, 6.45) is 3.69. The van der Waals surface area contributed by atoms with Gasteiger partial charge < -0.3 is 24.3 Å². The molecule has 0 atom stereocenters. The summed E-state index contributed by atoms with van der Waals surface area (Å²) in [5.41, 5.74) is 2.17. The lowest BCUT2D eigenvalue weighted by Crippen LogP contribution is -2.14. The molecule has 146 valence electrons. The lowest BCUT2D eigenvalue weighted by atomic mass is 10.2. The summed E-state index contributed by atoms with van der Waals surface area (Å²) in [5, 5.41) is 3.47. The number of unbranched alkanes of at least 4 members (excludes halogenated alkanes) is 2. The fraction of sp³-hybridized carbons (Fsp3) is 0.429. The van der Waals surface area contributed by atoms with Crippen LogP contribution in [0, 0.1) is 0 Å². The summed E-state index contributed by atoms with van der Waals surface area (Å²) >= 11 is 3.62. The Labute approximate surface area is 169 Å². The van der Waals surface area contributed by atoms with E-state index in [2.05, 4.69) is 34.2 Å². The molecule has 6 heteroatoms. The molecule has 0 amide bonds. The minimum absolute atomic E-state index is 0.271. The van der Waals surface area contributed by atoms with Crippen molar-refractivity contribution in [3.05, 3.63) is 45.9 Å². The molecule has 0 aromatic heterocycles. The van der Waals surface area contributed by atoms with Gasteiger partial charge in [-0.15, -0.1) is 0 Å². The number of benzene rings is 2. The van der Waals surface area contributed by atoms with E-state index >= 15 is 0 Å². The van der Waals surface area contributed by atoms with Gasteiger partial charge in [0.05, 0.1) is 11.6 Å². The lowest BCUT2D eigenvalue weighted by Gasteiger charge is -2.15. The molecule has 0 saturated heterocycles. The van der Waals surface area contributed by atoms with Gasteiger partial charge in [0, 0.05) is 6.54 Å². The van der Waals surface area contributed by atoms with Gasteiger partial charge in [-0.3, -0.25) is 0 Å². The van der Waals surface area contributed by atoms with Crippen molar-refractivity contribution >= 4 is 15.9 Å². The first kappa shape index (κ1) is 19.8. The average molecular weight is 436 g/mol. The molecule has 2 aromatic carbocycles. The van der Waals surface area contributed by atoms with Gasteiger partial charge in [-0.1, -0.05) is 25.8 Å². The highest BCUT2D eigenvalue weighted by atomic mass is 79.9. The molecule has 0 saturated carbocycles. The van der Waals surface area contributed by atoms with Gasteiger partial charge >= 0.3 is 0 Å². The second-order valence-electron chi connectivity index (χ2n) is 6.47. The smallest absolute Gasteiger partial charge is 0.231 e. The van der Waals surface area contributed by atoms with E-state index < -0.39 is 0 Å². The minimum atomic E-state index is 0.271. The summed E-state index contributed by atoms with van der Waals surface area (Å²) < 4.78 is 23.2. The van der Waals surface area contributed by atoms with Gasteiger partial charge in [-0.05, 0) is 64.3 Å². The molecule has 1 heterocycles. The predicted molar refractivity (Wildman–Crippen MR) is 109 cm³/mol. The Hall–Kier alpha value is -1.92. The van der Waals surface area contributed by atoms with Crippen LogP contribution >= 0.6 is 15.9 Å². The highest BCUT2D eigenvalue weighted by Crippen LogP contribution is 2.38. The second kappa shape index (κ2) is 9.85. The van der Waals surface area contributed by atoms with Crippen LogP contribution in [0.2, 0.25) is 0 Å². The molecule has 0 aliphatic carbocycles. The maximum atomic E-state index is 6.03. The number of fused-ring (bicyclic) bond motifs is 1. The molecule has 0 fully saturated rings. The summed E-state index contributed by atoms with van der Waals surface area (Å²) in [7, 11) is 1.66. The van der Waals surface area contributed by atoms with Crippen molar-refractivity contribution in [1.82, 2.24) is 5.32 Å². The molecule has 5 nitrogen and oxygen atoms in total. The molecule has 0 spiro atoms. The zero-order chi connectivity index (χ0) is 19.1. The van der Waals surface area contributed by atoms with E-state index in [1.54, 1.807) is 7.11 Å². The highest BCUT2D eigenvalue weighted by Gasteiger charge is 2.15. The molecule has 0 bridgehead atoms. The van der Waals surface area contributed by atoms with E-state index in [4.69, 9.17) is 18.9 Å². The van der Waals surface area contributed by atoms with Gasteiger partial charge in [-0.2, -0.15) is 0 Å². The molecule has 1 N–H and O–H groups in total. The summed E-state index contributed by atoms with van der Waals surface area (Å²) in [5.74, 6) is 2.94. The van der Waals surface area contributed by atoms with Crippen LogP contribution in [-0.4, -0.2) is 20.4 Å².